The fourth-order valence-corrected chi connectivity index (χ4v) is 4.12. The summed E-state index contributed by atoms with van der Waals surface area (Å²) in [6.45, 7) is 1.26. The number of carbonyl (C=O) groups excluding carboxylic acids is 1. The Morgan fingerprint density at radius 1 is 1.45 bits per heavy atom. The second kappa shape index (κ2) is 5.59. The van der Waals surface area contributed by atoms with Crippen LogP contribution in [0.4, 0.5) is 5.69 Å². The predicted octanol–water partition coefficient (Wildman–Crippen LogP) is 1.48. The fraction of sp³-hybridized carbons (Fsp3) is 0.312. The minimum atomic E-state index is -3.37. The summed E-state index contributed by atoms with van der Waals surface area (Å²) in [7, 11) is -3.37. The lowest BCUT2D eigenvalue weighted by atomic mass is 10.1. The van der Waals surface area contributed by atoms with Crippen molar-refractivity contribution in [2.75, 3.05) is 18.4 Å². The van der Waals surface area contributed by atoms with Crippen LogP contribution in [0.2, 0.25) is 0 Å². The molecule has 2 heterocycles. The summed E-state index contributed by atoms with van der Waals surface area (Å²) in [6.07, 6.45) is 8.57. The molecule has 0 unspecified atom stereocenters. The van der Waals surface area contributed by atoms with Gasteiger partial charge in [-0.25, -0.2) is 8.42 Å². The first-order chi connectivity index (χ1) is 10.5. The maximum atomic E-state index is 12.4. The van der Waals surface area contributed by atoms with Crippen molar-refractivity contribution in [3.63, 3.8) is 0 Å². The van der Waals surface area contributed by atoms with Gasteiger partial charge in [0.15, 0.2) is 0 Å². The van der Waals surface area contributed by atoms with Crippen LogP contribution in [0.25, 0.3) is 6.08 Å². The van der Waals surface area contributed by atoms with Gasteiger partial charge in [0, 0.05) is 11.1 Å². The van der Waals surface area contributed by atoms with Crippen LogP contribution in [0.3, 0.4) is 0 Å². The van der Waals surface area contributed by atoms with Gasteiger partial charge in [0.2, 0.25) is 15.7 Å². The zero-order chi connectivity index (χ0) is 15.7. The first-order valence-corrected chi connectivity index (χ1v) is 8.61. The summed E-state index contributed by atoms with van der Waals surface area (Å²) in [5.74, 6) is 2.42. The van der Waals surface area contributed by atoms with E-state index in [2.05, 4.69) is 11.2 Å². The lowest BCUT2D eigenvalue weighted by molar-refractivity contribution is -0.120. The number of amides is 1. The molecule has 22 heavy (non-hydrogen) atoms. The van der Waals surface area contributed by atoms with Gasteiger partial charge in [-0.15, -0.1) is 6.42 Å². The van der Waals surface area contributed by atoms with Gasteiger partial charge in [-0.1, -0.05) is 12.0 Å². The fourth-order valence-electron chi connectivity index (χ4n) is 2.89. The second-order valence-corrected chi connectivity index (χ2v) is 7.22. The van der Waals surface area contributed by atoms with E-state index in [1.54, 1.807) is 18.2 Å². The first kappa shape index (κ1) is 14.8. The standard InChI is InChI=1S/C16H16N2O3S/c1-2-8-18-9-3-4-14(18)16(19)17-13-6-5-12-7-10-22(20,21)15(12)11-13/h1,5-7,10-11,14H,3-4,8-9H2,(H,17,19)/t14-/m0/s1. The van der Waals surface area contributed by atoms with Gasteiger partial charge in [-0.2, -0.15) is 0 Å². The highest BCUT2D eigenvalue weighted by Crippen LogP contribution is 2.29. The van der Waals surface area contributed by atoms with Crippen LogP contribution in [-0.4, -0.2) is 38.4 Å². The summed E-state index contributed by atoms with van der Waals surface area (Å²) in [4.78, 5) is 14.6. The minimum Gasteiger partial charge on any atom is -0.325 e. The molecular weight excluding hydrogens is 300 g/mol. The van der Waals surface area contributed by atoms with Gasteiger partial charge < -0.3 is 5.32 Å². The third kappa shape index (κ3) is 2.65. The van der Waals surface area contributed by atoms with E-state index >= 15 is 0 Å². The normalized spacial score (nSPS) is 22.2. The van der Waals surface area contributed by atoms with Crippen molar-refractivity contribution in [3.8, 4) is 12.3 Å². The summed E-state index contributed by atoms with van der Waals surface area (Å²) in [5.41, 5.74) is 1.14. The molecule has 0 saturated carbocycles. The highest BCUT2D eigenvalue weighted by molar-refractivity contribution is 7.94. The third-order valence-corrected chi connectivity index (χ3v) is 5.44. The molecule has 2 aliphatic rings. The molecule has 0 bridgehead atoms. The van der Waals surface area contributed by atoms with Crippen molar-refractivity contribution in [3.05, 3.63) is 29.2 Å². The van der Waals surface area contributed by atoms with E-state index in [0.717, 1.165) is 19.4 Å². The molecule has 1 fully saturated rings. The molecule has 0 spiro atoms. The van der Waals surface area contributed by atoms with E-state index in [9.17, 15) is 13.2 Å². The van der Waals surface area contributed by atoms with Gasteiger partial charge in [0.05, 0.1) is 17.5 Å². The number of terminal acetylenes is 1. The van der Waals surface area contributed by atoms with Crippen molar-refractivity contribution < 1.29 is 13.2 Å². The Balaban J connectivity index is 1.77. The van der Waals surface area contributed by atoms with E-state index in [4.69, 9.17) is 6.42 Å². The molecule has 0 aliphatic carbocycles. The zero-order valence-electron chi connectivity index (χ0n) is 12.0. The Kier molecular flexibility index (Phi) is 3.77. The average molecular weight is 316 g/mol. The van der Waals surface area contributed by atoms with E-state index in [-0.39, 0.29) is 16.8 Å². The summed E-state index contributed by atoms with van der Waals surface area (Å²) < 4.78 is 23.7. The van der Waals surface area contributed by atoms with Gasteiger partial charge in [-0.05, 0) is 43.2 Å². The number of nitrogens with one attached hydrogen (secondary N) is 1. The van der Waals surface area contributed by atoms with Gasteiger partial charge in [0.25, 0.3) is 0 Å². The smallest absolute Gasteiger partial charge is 0.241 e. The van der Waals surface area contributed by atoms with Crippen LogP contribution < -0.4 is 5.32 Å². The highest BCUT2D eigenvalue weighted by atomic mass is 32.2. The van der Waals surface area contributed by atoms with E-state index in [1.807, 2.05) is 4.90 Å². The first-order valence-electron chi connectivity index (χ1n) is 7.07. The van der Waals surface area contributed by atoms with Crippen LogP contribution in [0.1, 0.15) is 18.4 Å². The topological polar surface area (TPSA) is 66.5 Å². The quantitative estimate of drug-likeness (QED) is 0.858. The summed E-state index contributed by atoms with van der Waals surface area (Å²) in [5, 5.41) is 3.97. The average Bonchev–Trinajstić information content (AvgIpc) is 3.05. The lowest BCUT2D eigenvalue weighted by Crippen LogP contribution is -2.39. The number of sulfone groups is 1. The maximum Gasteiger partial charge on any atom is 0.241 e. The summed E-state index contributed by atoms with van der Waals surface area (Å²) >= 11 is 0. The number of fused-ring (bicyclic) bond motifs is 1. The predicted molar refractivity (Wildman–Crippen MR) is 84.7 cm³/mol. The monoisotopic (exact) mass is 316 g/mol. The Hall–Kier alpha value is -2.10. The molecule has 0 aromatic heterocycles. The lowest BCUT2D eigenvalue weighted by Gasteiger charge is -2.21. The molecule has 114 valence electrons. The molecule has 1 N–H and O–H groups in total. The van der Waals surface area contributed by atoms with Crippen molar-refractivity contribution in [2.45, 2.75) is 23.8 Å². The molecule has 1 atom stereocenters. The highest BCUT2D eigenvalue weighted by Gasteiger charge is 2.30. The largest absolute Gasteiger partial charge is 0.325 e. The van der Waals surface area contributed by atoms with Gasteiger partial charge in [0.1, 0.15) is 0 Å². The minimum absolute atomic E-state index is 0.143. The van der Waals surface area contributed by atoms with Crippen molar-refractivity contribution >= 4 is 27.5 Å². The molecule has 1 amide bonds. The molecular formula is C16H16N2O3S. The number of nitrogens with zero attached hydrogens (tertiary/aromatic N) is 1. The molecule has 1 aromatic carbocycles. The summed E-state index contributed by atoms with van der Waals surface area (Å²) in [6, 6.07) is 4.66. The molecule has 6 heteroatoms. The number of hydrogen-bond donors (Lipinski definition) is 1. The Labute approximate surface area is 129 Å². The van der Waals surface area contributed by atoms with Crippen LogP contribution in [0, 0.1) is 12.3 Å². The number of carbonyl (C=O) groups is 1. The Morgan fingerprint density at radius 2 is 2.27 bits per heavy atom. The molecule has 1 aromatic rings. The van der Waals surface area contributed by atoms with Crippen LogP contribution in [0.15, 0.2) is 28.5 Å². The number of hydrogen-bond acceptors (Lipinski definition) is 4. The van der Waals surface area contributed by atoms with Crippen molar-refractivity contribution in [1.82, 2.24) is 4.90 Å². The number of rotatable bonds is 3. The molecule has 5 nitrogen and oxygen atoms in total. The van der Waals surface area contributed by atoms with Gasteiger partial charge >= 0.3 is 0 Å². The molecule has 3 rings (SSSR count). The SMILES string of the molecule is C#CCN1CCC[C@H]1C(=O)Nc1ccc2c(c1)S(=O)(=O)C=C2. The van der Waals surface area contributed by atoms with Crippen LogP contribution in [-0.2, 0) is 14.6 Å². The van der Waals surface area contributed by atoms with Crippen molar-refractivity contribution in [1.29, 1.82) is 0 Å². The third-order valence-electron chi connectivity index (χ3n) is 3.98. The molecule has 2 aliphatic heterocycles. The number of benzene rings is 1. The molecule has 1 saturated heterocycles. The second-order valence-electron chi connectivity index (χ2n) is 5.42. The maximum absolute atomic E-state index is 12.4. The van der Waals surface area contributed by atoms with Crippen molar-refractivity contribution in [2.24, 2.45) is 0 Å². The van der Waals surface area contributed by atoms with Gasteiger partial charge in [-0.3, -0.25) is 9.69 Å². The number of anilines is 1. The Morgan fingerprint density at radius 3 is 3.05 bits per heavy atom. The van der Waals surface area contributed by atoms with E-state index in [0.29, 0.717) is 17.8 Å². The van der Waals surface area contributed by atoms with Crippen LogP contribution >= 0.6 is 0 Å². The number of likely N-dealkylation sites (tertiary alicyclic amines) is 1. The van der Waals surface area contributed by atoms with Crippen LogP contribution in [0.5, 0.6) is 0 Å². The Bertz CT molecular complexity index is 790. The van der Waals surface area contributed by atoms with E-state index in [1.165, 1.54) is 11.5 Å². The zero-order valence-corrected chi connectivity index (χ0v) is 12.8. The molecule has 0 radical (unpaired) electrons. The van der Waals surface area contributed by atoms with E-state index < -0.39 is 9.84 Å².